The number of benzene rings is 1. The number of aromatic nitrogens is 2. The predicted octanol–water partition coefficient (Wildman–Crippen LogP) is 2.30. The average Bonchev–Trinajstić information content (AvgIpc) is 2.86. The third kappa shape index (κ3) is 5.83. The van der Waals surface area contributed by atoms with Crippen LogP contribution in [0.5, 0.6) is 0 Å². The highest BCUT2D eigenvalue weighted by Gasteiger charge is 2.13. The van der Waals surface area contributed by atoms with Crippen molar-refractivity contribution in [1.29, 1.82) is 0 Å². The number of nitrogens with two attached hydrogens (primary N) is 1. The first-order valence-electron chi connectivity index (χ1n) is 7.68. The summed E-state index contributed by atoms with van der Waals surface area (Å²) in [6.45, 7) is 1.47. The zero-order valence-corrected chi connectivity index (χ0v) is 15.8. The van der Waals surface area contributed by atoms with E-state index in [2.05, 4.69) is 5.10 Å². The number of nitrogens with zero attached hydrogens (tertiary/aromatic N) is 2. The van der Waals surface area contributed by atoms with Crippen molar-refractivity contribution in [3.05, 3.63) is 57.3 Å². The van der Waals surface area contributed by atoms with Crippen LogP contribution < -0.4 is 11.1 Å². The maximum atomic E-state index is 11.7. The molecule has 10 heteroatoms. The molecule has 0 atom stereocenters. The molecule has 142 valence electrons. The lowest BCUT2D eigenvalue weighted by atomic mass is 10.2. The average molecular weight is 411 g/mol. The van der Waals surface area contributed by atoms with Gasteiger partial charge in [-0.05, 0) is 24.6 Å². The summed E-state index contributed by atoms with van der Waals surface area (Å²) in [7, 11) is 0. The van der Waals surface area contributed by atoms with Crippen LogP contribution in [0.3, 0.4) is 0 Å². The van der Waals surface area contributed by atoms with E-state index in [1.54, 1.807) is 23.0 Å². The number of hydrogen-bond acceptors (Lipinski definition) is 5. The molecule has 0 aliphatic rings. The molecular formula is C17H16Cl2N4O4. The van der Waals surface area contributed by atoms with Crippen LogP contribution in [0.4, 0.5) is 4.79 Å². The summed E-state index contributed by atoms with van der Waals surface area (Å²) in [5.74, 6) is -1.62. The highest BCUT2D eigenvalue weighted by Crippen LogP contribution is 2.24. The first kappa shape index (κ1) is 20.5. The fraction of sp³-hybridized carbons (Fsp3) is 0.176. The Bertz CT molecular complexity index is 908. The zero-order chi connectivity index (χ0) is 20.0. The van der Waals surface area contributed by atoms with E-state index in [4.69, 9.17) is 33.7 Å². The topological polar surface area (TPSA) is 116 Å². The molecule has 1 heterocycles. The van der Waals surface area contributed by atoms with Crippen molar-refractivity contribution in [3.8, 4) is 0 Å². The van der Waals surface area contributed by atoms with Crippen LogP contribution >= 0.6 is 23.2 Å². The maximum absolute atomic E-state index is 11.7. The van der Waals surface area contributed by atoms with E-state index in [0.29, 0.717) is 28.0 Å². The van der Waals surface area contributed by atoms with Gasteiger partial charge in [0.15, 0.2) is 6.61 Å². The minimum atomic E-state index is -1.03. The fourth-order valence-electron chi connectivity index (χ4n) is 2.16. The second kappa shape index (κ2) is 9.20. The fourth-order valence-corrected chi connectivity index (χ4v) is 2.65. The Balaban J connectivity index is 2.04. The van der Waals surface area contributed by atoms with Gasteiger partial charge in [0.25, 0.3) is 5.91 Å². The molecule has 0 spiro atoms. The molecule has 3 amide bonds. The highest BCUT2D eigenvalue weighted by atomic mass is 35.5. The second-order valence-corrected chi connectivity index (χ2v) is 6.16. The van der Waals surface area contributed by atoms with Gasteiger partial charge in [-0.25, -0.2) is 14.3 Å². The molecule has 0 aliphatic heterocycles. The Kier molecular flexibility index (Phi) is 6.98. The first-order valence-corrected chi connectivity index (χ1v) is 8.44. The summed E-state index contributed by atoms with van der Waals surface area (Å²) in [6, 6.07) is 6.29. The number of carbonyl (C=O) groups excluding carboxylic acids is 3. The van der Waals surface area contributed by atoms with E-state index >= 15 is 0 Å². The number of rotatable bonds is 6. The molecule has 0 bridgehead atoms. The molecule has 2 rings (SSSR count). The summed E-state index contributed by atoms with van der Waals surface area (Å²) in [5.41, 5.74) is 6.75. The van der Waals surface area contributed by atoms with Gasteiger partial charge in [0.2, 0.25) is 0 Å². The van der Waals surface area contributed by atoms with Crippen molar-refractivity contribution in [3.63, 3.8) is 0 Å². The molecule has 1 aromatic carbocycles. The van der Waals surface area contributed by atoms with Crippen LogP contribution in [0, 0.1) is 6.92 Å². The number of ether oxygens (including phenoxy) is 1. The number of primary amides is 1. The van der Waals surface area contributed by atoms with E-state index in [0.717, 1.165) is 11.6 Å². The molecule has 1 aromatic heterocycles. The Morgan fingerprint density at radius 1 is 1.30 bits per heavy atom. The van der Waals surface area contributed by atoms with E-state index in [1.807, 2.05) is 18.2 Å². The van der Waals surface area contributed by atoms with Crippen LogP contribution in [-0.2, 0) is 20.9 Å². The molecule has 8 nitrogen and oxygen atoms in total. The molecule has 0 unspecified atom stereocenters. The summed E-state index contributed by atoms with van der Waals surface area (Å²) in [6.07, 6.45) is 2.54. The quantitative estimate of drug-likeness (QED) is 0.559. The van der Waals surface area contributed by atoms with Crippen molar-refractivity contribution in [2.45, 2.75) is 13.5 Å². The van der Waals surface area contributed by atoms with Gasteiger partial charge in [0.05, 0.1) is 12.2 Å². The van der Waals surface area contributed by atoms with Crippen molar-refractivity contribution in [2.75, 3.05) is 6.61 Å². The van der Waals surface area contributed by atoms with Crippen LogP contribution in [0.2, 0.25) is 10.2 Å². The number of amides is 3. The zero-order valence-electron chi connectivity index (χ0n) is 14.2. The van der Waals surface area contributed by atoms with E-state index in [-0.39, 0.29) is 0 Å². The lowest BCUT2D eigenvalue weighted by Crippen LogP contribution is -2.37. The predicted molar refractivity (Wildman–Crippen MR) is 100 cm³/mol. The highest BCUT2D eigenvalue weighted by molar-refractivity contribution is 6.32. The number of urea groups is 1. The second-order valence-electron chi connectivity index (χ2n) is 5.39. The van der Waals surface area contributed by atoms with Gasteiger partial charge in [-0.2, -0.15) is 5.10 Å². The standard InChI is InChI=1S/C17H16Cl2N4O4/c1-10-12(6-7-15(25)27-9-14(24)21-17(20)26)16(19)23(22-10)8-11-4-2-3-5-13(11)18/h2-7H,8-9H2,1H3,(H3,20,21,24,26)/b7-6+. The van der Waals surface area contributed by atoms with Crippen molar-refractivity contribution in [2.24, 2.45) is 5.73 Å². The van der Waals surface area contributed by atoms with Gasteiger partial charge in [0, 0.05) is 16.7 Å². The van der Waals surface area contributed by atoms with Gasteiger partial charge in [-0.15, -0.1) is 0 Å². The van der Waals surface area contributed by atoms with Crippen LogP contribution in [0.1, 0.15) is 16.8 Å². The lowest BCUT2D eigenvalue weighted by Gasteiger charge is -2.05. The molecular weight excluding hydrogens is 395 g/mol. The van der Waals surface area contributed by atoms with Crippen LogP contribution in [0.15, 0.2) is 30.3 Å². The monoisotopic (exact) mass is 410 g/mol. The smallest absolute Gasteiger partial charge is 0.331 e. The number of aryl methyl sites for hydroxylation is 1. The summed E-state index contributed by atoms with van der Waals surface area (Å²) in [5, 5.41) is 7.03. The third-order valence-corrected chi connectivity index (χ3v) is 4.15. The van der Waals surface area contributed by atoms with Crippen molar-refractivity contribution in [1.82, 2.24) is 15.1 Å². The van der Waals surface area contributed by atoms with Crippen molar-refractivity contribution >= 4 is 47.2 Å². The largest absolute Gasteiger partial charge is 0.452 e. The normalized spacial score (nSPS) is 10.8. The van der Waals surface area contributed by atoms with Crippen LogP contribution in [0.25, 0.3) is 6.08 Å². The first-order chi connectivity index (χ1) is 12.8. The summed E-state index contributed by atoms with van der Waals surface area (Å²) < 4.78 is 6.25. The Morgan fingerprint density at radius 3 is 2.67 bits per heavy atom. The molecule has 2 aromatic rings. The third-order valence-electron chi connectivity index (χ3n) is 3.38. The number of carbonyl (C=O) groups is 3. The molecule has 0 saturated heterocycles. The maximum Gasteiger partial charge on any atom is 0.331 e. The minimum Gasteiger partial charge on any atom is -0.452 e. The SMILES string of the molecule is Cc1nn(Cc2ccccc2Cl)c(Cl)c1/C=C/C(=O)OCC(=O)NC(N)=O. The molecule has 27 heavy (non-hydrogen) atoms. The van der Waals surface area contributed by atoms with Gasteiger partial charge in [0.1, 0.15) is 5.15 Å². The molecule has 0 aliphatic carbocycles. The number of esters is 1. The Labute approximate surface area is 164 Å². The van der Waals surface area contributed by atoms with E-state index in [9.17, 15) is 14.4 Å². The van der Waals surface area contributed by atoms with Crippen molar-refractivity contribution < 1.29 is 19.1 Å². The van der Waals surface area contributed by atoms with Gasteiger partial charge >= 0.3 is 12.0 Å². The minimum absolute atomic E-state index is 0.322. The van der Waals surface area contributed by atoms with E-state index in [1.165, 1.54) is 6.08 Å². The Hall–Kier alpha value is -2.84. The van der Waals surface area contributed by atoms with Crippen LogP contribution in [-0.4, -0.2) is 34.3 Å². The molecule has 0 saturated carbocycles. The Morgan fingerprint density at radius 2 is 2.00 bits per heavy atom. The van der Waals surface area contributed by atoms with Gasteiger partial charge in [-0.3, -0.25) is 10.1 Å². The molecule has 0 fully saturated rings. The van der Waals surface area contributed by atoms with Gasteiger partial charge < -0.3 is 10.5 Å². The van der Waals surface area contributed by atoms with Gasteiger partial charge in [-0.1, -0.05) is 41.4 Å². The molecule has 3 N–H and O–H groups in total. The molecule has 0 radical (unpaired) electrons. The lowest BCUT2D eigenvalue weighted by molar-refractivity contribution is -0.143. The summed E-state index contributed by atoms with van der Waals surface area (Å²) in [4.78, 5) is 33.4. The number of hydrogen-bond donors (Lipinski definition) is 2. The number of nitrogens with one attached hydrogen (secondary N) is 1. The summed E-state index contributed by atoms with van der Waals surface area (Å²) >= 11 is 12.5. The number of imide groups is 1. The van der Waals surface area contributed by atoms with E-state index < -0.39 is 24.5 Å². The number of halogens is 2.